The van der Waals surface area contributed by atoms with Crippen LogP contribution in [0.1, 0.15) is 53.7 Å². The summed E-state index contributed by atoms with van der Waals surface area (Å²) in [5.74, 6) is -2.41. The van der Waals surface area contributed by atoms with E-state index in [1.165, 1.54) is 36.1 Å². The van der Waals surface area contributed by atoms with Gasteiger partial charge in [0.15, 0.2) is 9.84 Å². The van der Waals surface area contributed by atoms with Crippen molar-refractivity contribution >= 4 is 21.7 Å². The summed E-state index contributed by atoms with van der Waals surface area (Å²) in [6, 6.07) is 4.75. The fourth-order valence-corrected chi connectivity index (χ4v) is 5.69. The first-order valence-electron chi connectivity index (χ1n) is 11.7. The van der Waals surface area contributed by atoms with Crippen molar-refractivity contribution in [1.82, 2.24) is 10.2 Å². The maximum atomic E-state index is 14.6. The molecule has 37 heavy (non-hydrogen) atoms. The van der Waals surface area contributed by atoms with Gasteiger partial charge in [-0.25, -0.2) is 12.8 Å². The highest BCUT2D eigenvalue weighted by molar-refractivity contribution is 7.90. The molecule has 1 saturated carbocycles. The third kappa shape index (κ3) is 5.35. The van der Waals surface area contributed by atoms with Crippen molar-refractivity contribution < 1.29 is 40.7 Å². The van der Waals surface area contributed by atoms with Crippen molar-refractivity contribution in [2.75, 3.05) is 6.26 Å². The predicted molar refractivity (Wildman–Crippen MR) is 125 cm³/mol. The van der Waals surface area contributed by atoms with Gasteiger partial charge in [0.1, 0.15) is 11.9 Å². The normalized spacial score (nSPS) is 23.1. The van der Waals surface area contributed by atoms with Crippen LogP contribution in [0, 0.1) is 11.7 Å². The van der Waals surface area contributed by atoms with Gasteiger partial charge in [-0.15, -0.1) is 0 Å². The van der Waals surface area contributed by atoms with E-state index in [1.54, 1.807) is 0 Å². The van der Waals surface area contributed by atoms with Gasteiger partial charge in [0.2, 0.25) is 5.91 Å². The lowest BCUT2D eigenvalue weighted by Crippen LogP contribution is -2.52. The lowest BCUT2D eigenvalue weighted by molar-refractivity contribution is -0.137. The van der Waals surface area contributed by atoms with Gasteiger partial charge in [-0.3, -0.25) is 9.59 Å². The molecule has 2 aromatic carbocycles. The highest BCUT2D eigenvalue weighted by atomic mass is 32.2. The summed E-state index contributed by atoms with van der Waals surface area (Å²) in [6.07, 6.45) is -3.35. The summed E-state index contributed by atoms with van der Waals surface area (Å²) in [7, 11) is -3.58. The minimum atomic E-state index is -4.76. The zero-order valence-electron chi connectivity index (χ0n) is 20.0. The van der Waals surface area contributed by atoms with E-state index in [2.05, 4.69) is 5.32 Å². The van der Waals surface area contributed by atoms with Gasteiger partial charge in [-0.05, 0) is 62.4 Å². The molecule has 4 rings (SSSR count). The van der Waals surface area contributed by atoms with Gasteiger partial charge in [0, 0.05) is 23.4 Å². The molecule has 2 unspecified atom stereocenters. The van der Waals surface area contributed by atoms with E-state index >= 15 is 0 Å². The smallest absolute Gasteiger partial charge is 0.391 e. The topological polar surface area (TPSA) is 104 Å². The molecule has 2 aromatic rings. The number of sulfone groups is 1. The fourth-order valence-electron chi connectivity index (χ4n) is 5.02. The number of nitrogens with one attached hydrogen (secondary N) is 1. The number of halogens is 4. The van der Waals surface area contributed by atoms with Gasteiger partial charge >= 0.3 is 6.18 Å². The maximum Gasteiger partial charge on any atom is 0.416 e. The van der Waals surface area contributed by atoms with Crippen LogP contribution >= 0.6 is 0 Å². The molecular weight excluding hydrogens is 516 g/mol. The Bertz CT molecular complexity index is 1330. The molecule has 2 N–H and O–H groups in total. The summed E-state index contributed by atoms with van der Waals surface area (Å²) in [5.41, 5.74) is -1.44. The van der Waals surface area contributed by atoms with Crippen molar-refractivity contribution in [3.05, 3.63) is 65.0 Å². The molecule has 2 aliphatic rings. The second-order valence-electron chi connectivity index (χ2n) is 9.63. The van der Waals surface area contributed by atoms with Crippen LogP contribution in [0.2, 0.25) is 0 Å². The van der Waals surface area contributed by atoms with E-state index < -0.39 is 57.4 Å². The zero-order valence-corrected chi connectivity index (χ0v) is 20.8. The minimum absolute atomic E-state index is 0.0457. The highest BCUT2D eigenvalue weighted by Crippen LogP contribution is 2.44. The van der Waals surface area contributed by atoms with Crippen LogP contribution in [0.3, 0.4) is 0 Å². The number of alkyl halides is 3. The van der Waals surface area contributed by atoms with Gasteiger partial charge < -0.3 is 15.3 Å². The molecule has 0 bridgehead atoms. The largest absolute Gasteiger partial charge is 0.416 e. The van der Waals surface area contributed by atoms with E-state index in [1.807, 2.05) is 0 Å². The Morgan fingerprint density at radius 1 is 1.14 bits per heavy atom. The van der Waals surface area contributed by atoms with Gasteiger partial charge in [-0.2, -0.15) is 13.2 Å². The van der Waals surface area contributed by atoms with Gasteiger partial charge in [-0.1, -0.05) is 12.1 Å². The number of fused-ring (bicyclic) bond motifs is 1. The summed E-state index contributed by atoms with van der Waals surface area (Å²) in [6.45, 7) is 1.26. The quantitative estimate of drug-likeness (QED) is 0.544. The first kappa shape index (κ1) is 27.1. The van der Waals surface area contributed by atoms with Crippen LogP contribution < -0.4 is 5.32 Å². The number of nitrogens with zero attached hydrogens (tertiary/aromatic N) is 1. The van der Waals surface area contributed by atoms with Crippen molar-refractivity contribution in [3.8, 4) is 0 Å². The number of amides is 2. The molecule has 200 valence electrons. The van der Waals surface area contributed by atoms with Crippen molar-refractivity contribution in [3.63, 3.8) is 0 Å². The van der Waals surface area contributed by atoms with Crippen LogP contribution in [-0.2, 0) is 20.8 Å². The number of hydrogen-bond acceptors (Lipinski definition) is 5. The lowest BCUT2D eigenvalue weighted by Gasteiger charge is -2.37. The van der Waals surface area contributed by atoms with E-state index in [4.69, 9.17) is 0 Å². The molecule has 2 fully saturated rings. The molecule has 5 atom stereocenters. The van der Waals surface area contributed by atoms with Gasteiger partial charge in [0.05, 0.1) is 22.6 Å². The summed E-state index contributed by atoms with van der Waals surface area (Å²) >= 11 is 0. The summed E-state index contributed by atoms with van der Waals surface area (Å²) in [4.78, 5) is 28.1. The second kappa shape index (κ2) is 9.71. The average Bonchev–Trinajstić information content (AvgIpc) is 3.05. The van der Waals surface area contributed by atoms with Crippen LogP contribution in [0.25, 0.3) is 0 Å². The molecule has 12 heteroatoms. The Labute approximate surface area is 211 Å². The number of hydrogen-bond donors (Lipinski definition) is 2. The van der Waals surface area contributed by atoms with Crippen molar-refractivity contribution in [1.29, 1.82) is 0 Å². The van der Waals surface area contributed by atoms with Crippen LogP contribution in [0.5, 0.6) is 0 Å². The highest BCUT2D eigenvalue weighted by Gasteiger charge is 2.51. The van der Waals surface area contributed by atoms with E-state index in [9.17, 15) is 40.7 Å². The number of carbonyl (C=O) groups is 2. The minimum Gasteiger partial charge on any atom is -0.391 e. The summed E-state index contributed by atoms with van der Waals surface area (Å²) in [5, 5.41) is 12.8. The molecular formula is C25H26F4N2O5S. The average molecular weight is 543 g/mol. The number of aliphatic hydroxyl groups excluding tert-OH is 1. The zero-order chi connectivity index (χ0) is 27.3. The molecule has 7 nitrogen and oxygen atoms in total. The molecule has 0 radical (unpaired) electrons. The Morgan fingerprint density at radius 3 is 2.38 bits per heavy atom. The standard InChI is InChI=1S/C25H26F4N2O5S/c1-13(32)22(18-8-7-16(12-19(18)26)25(27,28)29)30-23(33)21-11-14-6-9-20(14)31(21)24(34)15-4-3-5-17(10-15)37(2,35)36/h3-5,7-8,10,12-14,20-22,32H,6,9,11H2,1-2H3,(H,30,33)/t13?,14-,20-,21-,22?/m1/s1. The Hall–Kier alpha value is -2.99. The third-order valence-electron chi connectivity index (χ3n) is 7.09. The van der Waals surface area contributed by atoms with Crippen molar-refractivity contribution in [2.24, 2.45) is 5.92 Å². The molecule has 1 heterocycles. The molecule has 1 aliphatic carbocycles. The Morgan fingerprint density at radius 2 is 1.84 bits per heavy atom. The maximum absolute atomic E-state index is 14.6. The number of rotatable bonds is 6. The summed E-state index contributed by atoms with van der Waals surface area (Å²) < 4.78 is 77.4. The Balaban J connectivity index is 1.60. The SMILES string of the molecule is CC(O)C(NC(=O)[C@H]1C[C@H]2CC[C@H]2N1C(=O)c1cccc(S(C)(=O)=O)c1)c1ccc(C(F)(F)F)cc1F. The van der Waals surface area contributed by atoms with Crippen LogP contribution in [0.4, 0.5) is 17.6 Å². The van der Waals surface area contributed by atoms with Crippen molar-refractivity contribution in [2.45, 2.75) is 61.5 Å². The number of benzene rings is 2. The Kier molecular flexibility index (Phi) is 7.10. The first-order chi connectivity index (χ1) is 17.2. The van der Waals surface area contributed by atoms with E-state index in [0.717, 1.165) is 18.7 Å². The fraction of sp³-hybridized carbons (Fsp3) is 0.440. The molecule has 0 aromatic heterocycles. The number of likely N-dealkylation sites (tertiary alicyclic amines) is 1. The predicted octanol–water partition coefficient (Wildman–Crippen LogP) is 3.48. The molecule has 1 aliphatic heterocycles. The monoisotopic (exact) mass is 542 g/mol. The van der Waals surface area contributed by atoms with Gasteiger partial charge in [0.25, 0.3) is 5.91 Å². The lowest BCUT2D eigenvalue weighted by atomic mass is 9.80. The van der Waals surface area contributed by atoms with E-state index in [-0.39, 0.29) is 28.0 Å². The first-order valence-corrected chi connectivity index (χ1v) is 13.6. The third-order valence-corrected chi connectivity index (χ3v) is 8.20. The molecule has 0 spiro atoms. The number of aliphatic hydroxyl groups is 1. The molecule has 1 saturated heterocycles. The molecule has 2 amide bonds. The number of carbonyl (C=O) groups excluding carboxylic acids is 2. The second-order valence-corrected chi connectivity index (χ2v) is 11.6. The van der Waals surface area contributed by atoms with Crippen LogP contribution in [0.15, 0.2) is 47.4 Å². The van der Waals surface area contributed by atoms with E-state index in [0.29, 0.717) is 25.0 Å². The van der Waals surface area contributed by atoms with Crippen LogP contribution in [-0.4, -0.2) is 54.7 Å².